The van der Waals surface area contributed by atoms with Crippen LogP contribution in [0.25, 0.3) is 0 Å². The molecule has 2 fully saturated rings. The lowest BCUT2D eigenvalue weighted by Gasteiger charge is -2.38. The Morgan fingerprint density at radius 1 is 1.50 bits per heavy atom. The minimum atomic E-state index is -0.892. The third-order valence-corrected chi connectivity index (χ3v) is 4.49. The number of fused-ring (bicyclic) bond motifs is 1. The molecule has 0 saturated carbocycles. The van der Waals surface area contributed by atoms with Crippen LogP contribution in [0.15, 0.2) is 0 Å². The van der Waals surface area contributed by atoms with E-state index in [-0.39, 0.29) is 17.9 Å². The molecule has 2 aliphatic rings. The lowest BCUT2D eigenvalue weighted by atomic mass is 9.74. The highest BCUT2D eigenvalue weighted by Gasteiger charge is 2.55. The van der Waals surface area contributed by atoms with Crippen molar-refractivity contribution in [2.75, 3.05) is 19.7 Å². The fourth-order valence-electron chi connectivity index (χ4n) is 3.80. The topological polar surface area (TPSA) is 49.8 Å². The van der Waals surface area contributed by atoms with Gasteiger partial charge in [-0.05, 0) is 38.6 Å². The van der Waals surface area contributed by atoms with Gasteiger partial charge >= 0.3 is 5.97 Å². The predicted molar refractivity (Wildman–Crippen MR) is 69.1 cm³/mol. The monoisotopic (exact) mass is 255 g/mol. The Bertz CT molecular complexity index is 318. The molecule has 3 unspecified atom stereocenters. The summed E-state index contributed by atoms with van der Waals surface area (Å²) in [6.07, 6.45) is 2.82. The van der Waals surface area contributed by atoms with Gasteiger partial charge in [0.25, 0.3) is 0 Å². The summed E-state index contributed by atoms with van der Waals surface area (Å²) in [4.78, 5) is 14.5. The maximum atomic E-state index is 12.2. The first kappa shape index (κ1) is 13.8. The van der Waals surface area contributed by atoms with Gasteiger partial charge in [-0.15, -0.1) is 0 Å². The van der Waals surface area contributed by atoms with Gasteiger partial charge in [0.05, 0.1) is 18.1 Å². The second-order valence-electron chi connectivity index (χ2n) is 5.91. The Hall–Kier alpha value is -0.610. The van der Waals surface area contributed by atoms with E-state index in [0.29, 0.717) is 13.0 Å². The molecule has 4 nitrogen and oxygen atoms in total. The third-order valence-electron chi connectivity index (χ3n) is 4.49. The Morgan fingerprint density at radius 3 is 2.83 bits per heavy atom. The Morgan fingerprint density at radius 2 is 2.22 bits per heavy atom. The Balaban J connectivity index is 2.21. The summed E-state index contributed by atoms with van der Waals surface area (Å²) in [5.41, 5.74) is -0.892. The highest BCUT2D eigenvalue weighted by molar-refractivity contribution is 5.74. The molecule has 0 aliphatic carbocycles. The normalized spacial score (nSPS) is 33.7. The molecule has 3 atom stereocenters. The number of rotatable bonds is 4. The second-order valence-corrected chi connectivity index (χ2v) is 5.91. The lowest BCUT2D eigenvalue weighted by Crippen LogP contribution is -2.52. The van der Waals surface area contributed by atoms with Gasteiger partial charge in [0.2, 0.25) is 0 Å². The van der Waals surface area contributed by atoms with E-state index >= 15 is 0 Å². The quantitative estimate of drug-likeness (QED) is 0.772. The van der Waals surface area contributed by atoms with E-state index in [1.54, 1.807) is 0 Å². The number of aliphatic hydroxyl groups is 1. The van der Waals surface area contributed by atoms with E-state index in [2.05, 4.69) is 4.90 Å². The van der Waals surface area contributed by atoms with Crippen LogP contribution in [0.3, 0.4) is 0 Å². The van der Waals surface area contributed by atoms with Gasteiger partial charge in [-0.2, -0.15) is 0 Å². The van der Waals surface area contributed by atoms with E-state index in [0.717, 1.165) is 25.9 Å². The average molecular weight is 255 g/mol. The van der Waals surface area contributed by atoms with E-state index in [9.17, 15) is 9.90 Å². The van der Waals surface area contributed by atoms with Gasteiger partial charge in [0, 0.05) is 12.6 Å². The summed E-state index contributed by atoms with van der Waals surface area (Å²) in [6.45, 7) is 8.15. The molecule has 2 heterocycles. The van der Waals surface area contributed by atoms with Crippen molar-refractivity contribution in [1.82, 2.24) is 4.90 Å². The standard InChI is InChI=1S/C14H25NO3/c1-4-18-13(16)12(10(2)3)14(17)7-9-15-8-5-6-11(14)15/h10-12,17H,4-9H2,1-3H3. The summed E-state index contributed by atoms with van der Waals surface area (Å²) >= 11 is 0. The number of carbonyl (C=O) groups excluding carboxylic acids is 1. The molecule has 0 aromatic heterocycles. The summed E-state index contributed by atoms with van der Waals surface area (Å²) in [5.74, 6) is -0.524. The molecule has 0 amide bonds. The number of ether oxygens (including phenoxy) is 1. The van der Waals surface area contributed by atoms with Gasteiger partial charge in [0.1, 0.15) is 0 Å². The molecule has 2 rings (SSSR count). The van der Waals surface area contributed by atoms with Crippen LogP contribution < -0.4 is 0 Å². The molecular weight excluding hydrogens is 230 g/mol. The van der Waals surface area contributed by atoms with Crippen molar-refractivity contribution >= 4 is 5.97 Å². The number of hydrogen-bond donors (Lipinski definition) is 1. The Kier molecular flexibility index (Phi) is 3.97. The van der Waals surface area contributed by atoms with Crippen molar-refractivity contribution < 1.29 is 14.6 Å². The highest BCUT2D eigenvalue weighted by Crippen LogP contribution is 2.43. The fraction of sp³-hybridized carbons (Fsp3) is 0.929. The van der Waals surface area contributed by atoms with E-state index in [4.69, 9.17) is 4.74 Å². The first-order chi connectivity index (χ1) is 8.50. The zero-order valence-corrected chi connectivity index (χ0v) is 11.7. The van der Waals surface area contributed by atoms with Crippen molar-refractivity contribution in [2.45, 2.75) is 51.7 Å². The number of esters is 1. The first-order valence-corrected chi connectivity index (χ1v) is 7.13. The van der Waals surface area contributed by atoms with Gasteiger partial charge in [0.15, 0.2) is 0 Å². The van der Waals surface area contributed by atoms with Crippen molar-refractivity contribution in [1.29, 1.82) is 0 Å². The Labute approximate surface area is 109 Å². The van der Waals surface area contributed by atoms with Gasteiger partial charge in [-0.25, -0.2) is 0 Å². The number of hydrogen-bond acceptors (Lipinski definition) is 4. The molecule has 0 radical (unpaired) electrons. The molecule has 2 saturated heterocycles. The first-order valence-electron chi connectivity index (χ1n) is 7.13. The summed E-state index contributed by atoms with van der Waals surface area (Å²) in [6, 6.07) is 0.148. The van der Waals surface area contributed by atoms with E-state index in [1.165, 1.54) is 0 Å². The molecule has 0 aromatic carbocycles. The van der Waals surface area contributed by atoms with Gasteiger partial charge in [-0.3, -0.25) is 9.69 Å². The molecule has 4 heteroatoms. The second kappa shape index (κ2) is 5.17. The van der Waals surface area contributed by atoms with Crippen LogP contribution in [-0.4, -0.2) is 47.3 Å². The minimum absolute atomic E-state index is 0.106. The van der Waals surface area contributed by atoms with Crippen LogP contribution in [0.4, 0.5) is 0 Å². The maximum absolute atomic E-state index is 12.2. The zero-order valence-electron chi connectivity index (χ0n) is 11.7. The SMILES string of the molecule is CCOC(=O)C(C(C)C)C1(O)CCN2CCCC21. The fourth-order valence-corrected chi connectivity index (χ4v) is 3.80. The van der Waals surface area contributed by atoms with Crippen LogP contribution >= 0.6 is 0 Å². The van der Waals surface area contributed by atoms with Crippen LogP contribution in [0.1, 0.15) is 40.0 Å². The average Bonchev–Trinajstić information content (AvgIpc) is 2.84. The van der Waals surface area contributed by atoms with Crippen LogP contribution in [0.2, 0.25) is 0 Å². The third kappa shape index (κ3) is 2.16. The summed E-state index contributed by atoms with van der Waals surface area (Å²) in [7, 11) is 0. The highest BCUT2D eigenvalue weighted by atomic mass is 16.5. The van der Waals surface area contributed by atoms with Crippen molar-refractivity contribution in [3.8, 4) is 0 Å². The smallest absolute Gasteiger partial charge is 0.312 e. The van der Waals surface area contributed by atoms with E-state index < -0.39 is 11.5 Å². The molecule has 0 bridgehead atoms. The molecule has 18 heavy (non-hydrogen) atoms. The molecule has 0 aromatic rings. The maximum Gasteiger partial charge on any atom is 0.312 e. The van der Waals surface area contributed by atoms with Crippen molar-refractivity contribution in [2.24, 2.45) is 11.8 Å². The number of nitrogens with zero attached hydrogens (tertiary/aromatic N) is 1. The summed E-state index contributed by atoms with van der Waals surface area (Å²) < 4.78 is 5.17. The van der Waals surface area contributed by atoms with Crippen molar-refractivity contribution in [3.05, 3.63) is 0 Å². The largest absolute Gasteiger partial charge is 0.466 e. The van der Waals surface area contributed by atoms with E-state index in [1.807, 2.05) is 20.8 Å². The molecule has 2 aliphatic heterocycles. The van der Waals surface area contributed by atoms with Crippen LogP contribution in [-0.2, 0) is 9.53 Å². The molecule has 1 N–H and O–H groups in total. The lowest BCUT2D eigenvalue weighted by molar-refractivity contribution is -0.163. The van der Waals surface area contributed by atoms with Crippen molar-refractivity contribution in [3.63, 3.8) is 0 Å². The summed E-state index contributed by atoms with van der Waals surface area (Å²) in [5, 5.41) is 11.0. The molecule has 104 valence electrons. The van der Waals surface area contributed by atoms with Gasteiger partial charge < -0.3 is 9.84 Å². The van der Waals surface area contributed by atoms with Crippen LogP contribution in [0.5, 0.6) is 0 Å². The van der Waals surface area contributed by atoms with Gasteiger partial charge in [-0.1, -0.05) is 13.8 Å². The zero-order chi connectivity index (χ0) is 13.3. The molecular formula is C14H25NO3. The molecule has 0 spiro atoms. The predicted octanol–water partition coefficient (Wildman–Crippen LogP) is 1.42. The minimum Gasteiger partial charge on any atom is -0.466 e. The van der Waals surface area contributed by atoms with Crippen LogP contribution in [0, 0.1) is 11.8 Å². The number of carbonyl (C=O) groups is 1.